The number of hydrogen-bond acceptors (Lipinski definition) is 2. The minimum Gasteiger partial charge on any atom is -0.493 e. The number of benzene rings is 1. The summed E-state index contributed by atoms with van der Waals surface area (Å²) < 4.78 is 6.69. The van der Waals surface area contributed by atoms with Crippen LogP contribution < -0.4 is 4.74 Å². The number of ether oxygens (including phenoxy) is 1. The van der Waals surface area contributed by atoms with Gasteiger partial charge in [0.25, 0.3) is 0 Å². The van der Waals surface area contributed by atoms with Crippen LogP contribution in [0.2, 0.25) is 0 Å². The van der Waals surface area contributed by atoms with Crippen LogP contribution in [-0.4, -0.2) is 6.61 Å². The van der Waals surface area contributed by atoms with Crippen molar-refractivity contribution in [3.8, 4) is 5.75 Å². The lowest BCUT2D eigenvalue weighted by atomic mass is 10.2. The van der Waals surface area contributed by atoms with Crippen LogP contribution in [0.15, 0.2) is 23.6 Å². The molecule has 0 spiro atoms. The molecule has 0 unspecified atom stereocenters. The zero-order valence-electron chi connectivity index (χ0n) is 6.83. The third-order valence-electron chi connectivity index (χ3n) is 1.68. The second-order valence-corrected chi connectivity index (χ2v) is 3.35. The largest absolute Gasteiger partial charge is 0.493 e. The molecule has 2 heteroatoms. The molecule has 0 amide bonds. The van der Waals surface area contributed by atoms with E-state index in [2.05, 4.69) is 12.1 Å². The molecular weight excluding hydrogens is 168 g/mol. The van der Waals surface area contributed by atoms with E-state index in [4.69, 9.17) is 4.74 Å². The van der Waals surface area contributed by atoms with E-state index in [9.17, 15) is 0 Å². The van der Waals surface area contributed by atoms with Crippen LogP contribution in [0, 0.1) is 6.07 Å². The third kappa shape index (κ3) is 1.18. The Labute approximate surface area is 75.6 Å². The molecule has 0 aliphatic heterocycles. The fraction of sp³-hybridized carbons (Fsp3) is 0.200. The standard InChI is InChI=1S/C10H9OS/c1-2-11-9-4-3-5-10-8(9)6-7-12-10/h3-5,7H,2H2,1H3. The second-order valence-electron chi connectivity index (χ2n) is 2.44. The van der Waals surface area contributed by atoms with Gasteiger partial charge in [-0.25, -0.2) is 0 Å². The van der Waals surface area contributed by atoms with Crippen LogP contribution in [0.3, 0.4) is 0 Å². The monoisotopic (exact) mass is 177 g/mol. The smallest absolute Gasteiger partial charge is 0.128 e. The molecule has 0 fully saturated rings. The molecule has 0 saturated carbocycles. The Kier molecular flexibility index (Phi) is 2.00. The molecular formula is C10H9OS. The third-order valence-corrected chi connectivity index (χ3v) is 2.51. The van der Waals surface area contributed by atoms with Crippen molar-refractivity contribution >= 4 is 21.4 Å². The lowest BCUT2D eigenvalue weighted by Crippen LogP contribution is -1.90. The quantitative estimate of drug-likeness (QED) is 0.685. The van der Waals surface area contributed by atoms with Crippen molar-refractivity contribution in [1.29, 1.82) is 0 Å². The topological polar surface area (TPSA) is 9.23 Å². The highest BCUT2D eigenvalue weighted by atomic mass is 32.1. The van der Waals surface area contributed by atoms with Gasteiger partial charge in [0.1, 0.15) is 5.75 Å². The summed E-state index contributed by atoms with van der Waals surface area (Å²) in [5.74, 6) is 0.941. The van der Waals surface area contributed by atoms with E-state index in [0.29, 0.717) is 6.61 Å². The zero-order chi connectivity index (χ0) is 8.39. The van der Waals surface area contributed by atoms with Crippen LogP contribution >= 0.6 is 11.3 Å². The molecule has 1 aromatic heterocycles. The van der Waals surface area contributed by atoms with Crippen LogP contribution in [0.25, 0.3) is 10.1 Å². The Morgan fingerprint density at radius 3 is 3.25 bits per heavy atom. The minimum absolute atomic E-state index is 0.711. The van der Waals surface area contributed by atoms with Crippen molar-refractivity contribution in [3.63, 3.8) is 0 Å². The molecule has 1 radical (unpaired) electrons. The van der Waals surface area contributed by atoms with Crippen molar-refractivity contribution in [2.24, 2.45) is 0 Å². The highest BCUT2D eigenvalue weighted by Gasteiger charge is 2.00. The van der Waals surface area contributed by atoms with E-state index in [1.165, 1.54) is 4.70 Å². The molecule has 0 N–H and O–H groups in total. The van der Waals surface area contributed by atoms with E-state index in [-0.39, 0.29) is 0 Å². The molecule has 0 aliphatic carbocycles. The fourth-order valence-corrected chi connectivity index (χ4v) is 1.92. The number of rotatable bonds is 2. The predicted octanol–water partition coefficient (Wildman–Crippen LogP) is 3.10. The van der Waals surface area contributed by atoms with Gasteiger partial charge in [0.15, 0.2) is 0 Å². The number of fused-ring (bicyclic) bond motifs is 1. The molecule has 2 aromatic rings. The number of thiophene rings is 1. The maximum absolute atomic E-state index is 5.45. The van der Waals surface area contributed by atoms with Gasteiger partial charge < -0.3 is 4.74 Å². The molecule has 2 rings (SSSR count). The van der Waals surface area contributed by atoms with Gasteiger partial charge in [-0.15, -0.1) is 11.3 Å². The lowest BCUT2D eigenvalue weighted by molar-refractivity contribution is 0.344. The Hall–Kier alpha value is -1.02. The Morgan fingerprint density at radius 2 is 2.42 bits per heavy atom. The maximum atomic E-state index is 5.45. The van der Waals surface area contributed by atoms with Crippen molar-refractivity contribution in [2.75, 3.05) is 6.61 Å². The molecule has 0 aliphatic rings. The van der Waals surface area contributed by atoms with Gasteiger partial charge in [0, 0.05) is 16.2 Å². The molecule has 12 heavy (non-hydrogen) atoms. The van der Waals surface area contributed by atoms with Gasteiger partial charge in [-0.2, -0.15) is 0 Å². The van der Waals surface area contributed by atoms with E-state index >= 15 is 0 Å². The normalized spacial score (nSPS) is 10.4. The van der Waals surface area contributed by atoms with E-state index in [1.807, 2.05) is 24.4 Å². The first-order chi connectivity index (χ1) is 5.92. The van der Waals surface area contributed by atoms with Crippen LogP contribution in [0.1, 0.15) is 6.92 Å². The summed E-state index contributed by atoms with van der Waals surface area (Å²) >= 11 is 1.69. The van der Waals surface area contributed by atoms with E-state index < -0.39 is 0 Å². The lowest BCUT2D eigenvalue weighted by Gasteiger charge is -2.02. The molecule has 1 nitrogen and oxygen atoms in total. The van der Waals surface area contributed by atoms with Gasteiger partial charge in [-0.05, 0) is 24.4 Å². The first-order valence-corrected chi connectivity index (χ1v) is 4.80. The van der Waals surface area contributed by atoms with Crippen molar-refractivity contribution < 1.29 is 4.74 Å². The van der Waals surface area contributed by atoms with Gasteiger partial charge in [-0.3, -0.25) is 0 Å². The SMILES string of the molecule is CCOc1cccc2sc[c]c12. The molecule has 1 heterocycles. The van der Waals surface area contributed by atoms with Crippen molar-refractivity contribution in [2.45, 2.75) is 6.92 Å². The molecule has 0 atom stereocenters. The van der Waals surface area contributed by atoms with Gasteiger partial charge >= 0.3 is 0 Å². The van der Waals surface area contributed by atoms with Crippen LogP contribution in [0.4, 0.5) is 0 Å². The fourth-order valence-electron chi connectivity index (χ4n) is 1.18. The van der Waals surface area contributed by atoms with E-state index in [0.717, 1.165) is 11.1 Å². The highest BCUT2D eigenvalue weighted by Crippen LogP contribution is 2.28. The predicted molar refractivity (Wildman–Crippen MR) is 51.8 cm³/mol. The molecule has 0 bridgehead atoms. The minimum atomic E-state index is 0.711. The second kappa shape index (κ2) is 3.15. The first kappa shape index (κ1) is 7.62. The summed E-state index contributed by atoms with van der Waals surface area (Å²) in [6.07, 6.45) is 0. The summed E-state index contributed by atoms with van der Waals surface area (Å²) in [5.41, 5.74) is 0. The highest BCUT2D eigenvalue weighted by molar-refractivity contribution is 7.17. The van der Waals surface area contributed by atoms with Crippen LogP contribution in [-0.2, 0) is 0 Å². The van der Waals surface area contributed by atoms with Gasteiger partial charge in [-0.1, -0.05) is 6.07 Å². The molecule has 61 valence electrons. The Bertz CT molecular complexity index is 378. The first-order valence-electron chi connectivity index (χ1n) is 3.92. The molecule has 0 saturated heterocycles. The average Bonchev–Trinajstić information content (AvgIpc) is 2.53. The molecule has 1 aromatic carbocycles. The van der Waals surface area contributed by atoms with Gasteiger partial charge in [0.2, 0.25) is 0 Å². The maximum Gasteiger partial charge on any atom is 0.128 e. The average molecular weight is 177 g/mol. The number of hydrogen-bond donors (Lipinski definition) is 0. The van der Waals surface area contributed by atoms with Crippen molar-refractivity contribution in [3.05, 3.63) is 29.6 Å². The van der Waals surface area contributed by atoms with Crippen molar-refractivity contribution in [1.82, 2.24) is 0 Å². The Morgan fingerprint density at radius 1 is 1.50 bits per heavy atom. The summed E-state index contributed by atoms with van der Waals surface area (Å²) in [4.78, 5) is 0. The summed E-state index contributed by atoms with van der Waals surface area (Å²) in [5, 5.41) is 3.07. The Balaban J connectivity index is 2.57. The zero-order valence-corrected chi connectivity index (χ0v) is 7.65. The van der Waals surface area contributed by atoms with Gasteiger partial charge in [0.05, 0.1) is 6.61 Å². The summed E-state index contributed by atoms with van der Waals surface area (Å²) in [6, 6.07) is 9.24. The summed E-state index contributed by atoms with van der Waals surface area (Å²) in [6.45, 7) is 2.70. The summed E-state index contributed by atoms with van der Waals surface area (Å²) in [7, 11) is 0. The van der Waals surface area contributed by atoms with E-state index in [1.54, 1.807) is 11.3 Å². The van der Waals surface area contributed by atoms with Crippen LogP contribution in [0.5, 0.6) is 5.75 Å².